The summed E-state index contributed by atoms with van der Waals surface area (Å²) in [5, 5.41) is 4.16. The first kappa shape index (κ1) is 16.6. The third-order valence-corrected chi connectivity index (χ3v) is 4.32. The van der Waals surface area contributed by atoms with Crippen LogP contribution in [0.2, 0.25) is 10.0 Å². The predicted octanol–water partition coefficient (Wildman–Crippen LogP) is 2.89. The van der Waals surface area contributed by atoms with Crippen LogP contribution < -0.4 is 5.32 Å². The van der Waals surface area contributed by atoms with E-state index in [-0.39, 0.29) is 18.0 Å². The first-order valence-corrected chi connectivity index (χ1v) is 7.81. The highest BCUT2D eigenvalue weighted by atomic mass is 35.5. The van der Waals surface area contributed by atoms with Crippen molar-refractivity contribution in [3.8, 4) is 0 Å². The van der Waals surface area contributed by atoms with Crippen molar-refractivity contribution in [2.24, 2.45) is 0 Å². The molecule has 1 heterocycles. The van der Waals surface area contributed by atoms with Gasteiger partial charge in [-0.05, 0) is 31.5 Å². The van der Waals surface area contributed by atoms with Crippen molar-refractivity contribution < 1.29 is 9.53 Å². The van der Waals surface area contributed by atoms with Gasteiger partial charge in [0, 0.05) is 23.1 Å². The molecule has 1 aromatic carbocycles. The molecule has 1 N–H and O–H groups in total. The summed E-state index contributed by atoms with van der Waals surface area (Å²) in [5.74, 6) is -0.00424. The van der Waals surface area contributed by atoms with Crippen LogP contribution in [0, 0.1) is 0 Å². The van der Waals surface area contributed by atoms with E-state index in [0.29, 0.717) is 23.3 Å². The van der Waals surface area contributed by atoms with Gasteiger partial charge in [-0.15, -0.1) is 0 Å². The van der Waals surface area contributed by atoms with Gasteiger partial charge in [0.25, 0.3) is 0 Å². The van der Waals surface area contributed by atoms with Crippen molar-refractivity contribution in [3.63, 3.8) is 0 Å². The molecule has 21 heavy (non-hydrogen) atoms. The molecule has 1 saturated heterocycles. The molecule has 0 bridgehead atoms. The lowest BCUT2D eigenvalue weighted by atomic mass is 10.1. The molecule has 1 aromatic rings. The molecule has 1 aliphatic rings. The highest BCUT2D eigenvalue weighted by Crippen LogP contribution is 2.26. The third kappa shape index (κ3) is 4.33. The Labute approximate surface area is 135 Å². The van der Waals surface area contributed by atoms with Crippen molar-refractivity contribution in [2.75, 3.05) is 26.3 Å². The van der Waals surface area contributed by atoms with Gasteiger partial charge in [0.1, 0.15) is 0 Å². The molecule has 0 spiro atoms. The molecular weight excluding hydrogens is 311 g/mol. The zero-order valence-electron chi connectivity index (χ0n) is 12.2. The van der Waals surface area contributed by atoms with Crippen LogP contribution in [-0.2, 0) is 9.53 Å². The monoisotopic (exact) mass is 330 g/mol. The molecule has 0 aromatic heterocycles. The van der Waals surface area contributed by atoms with Crippen molar-refractivity contribution in [2.45, 2.75) is 25.9 Å². The van der Waals surface area contributed by atoms with Crippen LogP contribution in [-0.4, -0.2) is 43.2 Å². The molecule has 2 rings (SSSR count). The smallest absolute Gasteiger partial charge is 0.237 e. The molecule has 1 amide bonds. The van der Waals surface area contributed by atoms with E-state index in [2.05, 4.69) is 10.2 Å². The van der Waals surface area contributed by atoms with Crippen LogP contribution >= 0.6 is 23.2 Å². The van der Waals surface area contributed by atoms with Crippen LogP contribution in [0.4, 0.5) is 0 Å². The van der Waals surface area contributed by atoms with Gasteiger partial charge < -0.3 is 10.1 Å². The van der Waals surface area contributed by atoms with E-state index < -0.39 is 0 Å². The molecule has 116 valence electrons. The minimum absolute atomic E-state index is 0.00424. The van der Waals surface area contributed by atoms with Crippen LogP contribution in [0.25, 0.3) is 0 Å². The van der Waals surface area contributed by atoms with E-state index in [9.17, 15) is 4.79 Å². The maximum atomic E-state index is 12.3. The van der Waals surface area contributed by atoms with E-state index in [0.717, 1.165) is 18.7 Å². The van der Waals surface area contributed by atoms with Crippen molar-refractivity contribution in [1.82, 2.24) is 10.2 Å². The number of benzene rings is 1. The van der Waals surface area contributed by atoms with Crippen LogP contribution in [0.1, 0.15) is 25.5 Å². The number of morpholine rings is 1. The van der Waals surface area contributed by atoms with Gasteiger partial charge in [-0.2, -0.15) is 0 Å². The number of carbonyl (C=O) groups is 1. The summed E-state index contributed by atoms with van der Waals surface area (Å²) in [7, 11) is 0. The fourth-order valence-corrected chi connectivity index (χ4v) is 2.97. The lowest BCUT2D eigenvalue weighted by molar-refractivity contribution is -0.128. The average Bonchev–Trinajstić information content (AvgIpc) is 2.47. The maximum absolute atomic E-state index is 12.3. The maximum Gasteiger partial charge on any atom is 0.237 e. The Bertz CT molecular complexity index is 504. The number of nitrogens with zero attached hydrogens (tertiary/aromatic N) is 1. The molecule has 0 saturated carbocycles. The van der Waals surface area contributed by atoms with Gasteiger partial charge in [0.05, 0.1) is 25.3 Å². The number of ether oxygens (including phenoxy) is 1. The van der Waals surface area contributed by atoms with Crippen LogP contribution in [0.15, 0.2) is 18.2 Å². The highest BCUT2D eigenvalue weighted by Gasteiger charge is 2.24. The Kier molecular flexibility index (Phi) is 5.88. The predicted molar refractivity (Wildman–Crippen MR) is 84.9 cm³/mol. The molecule has 2 unspecified atom stereocenters. The largest absolute Gasteiger partial charge is 0.379 e. The first-order valence-electron chi connectivity index (χ1n) is 7.06. The number of amides is 1. The number of nitrogens with one attached hydrogen (secondary N) is 1. The quantitative estimate of drug-likeness (QED) is 0.922. The normalized spacial score (nSPS) is 19.0. The molecule has 0 radical (unpaired) electrons. The average molecular weight is 331 g/mol. The Hall–Kier alpha value is -0.810. The van der Waals surface area contributed by atoms with Crippen molar-refractivity contribution >= 4 is 29.1 Å². The second kappa shape index (κ2) is 7.45. The highest BCUT2D eigenvalue weighted by molar-refractivity contribution is 6.35. The number of hydrogen-bond acceptors (Lipinski definition) is 3. The summed E-state index contributed by atoms with van der Waals surface area (Å²) in [6.07, 6.45) is 0. The third-order valence-electron chi connectivity index (χ3n) is 3.76. The van der Waals surface area contributed by atoms with E-state index >= 15 is 0 Å². The molecule has 1 fully saturated rings. The van der Waals surface area contributed by atoms with E-state index in [1.807, 2.05) is 19.9 Å². The van der Waals surface area contributed by atoms with Gasteiger partial charge in [-0.3, -0.25) is 9.69 Å². The molecule has 0 aliphatic carbocycles. The summed E-state index contributed by atoms with van der Waals surface area (Å²) in [4.78, 5) is 14.5. The standard InChI is InChI=1S/C15H20Cl2N2O2/c1-10(13-4-3-12(16)9-14(13)17)18-15(20)11(2)19-5-7-21-8-6-19/h3-4,9-11H,5-8H2,1-2H3,(H,18,20). The SMILES string of the molecule is CC(NC(=O)C(C)N1CCOCC1)c1ccc(Cl)cc1Cl. The van der Waals surface area contributed by atoms with Crippen LogP contribution in [0.5, 0.6) is 0 Å². The molecule has 1 aliphatic heterocycles. The second-order valence-corrected chi connectivity index (χ2v) is 6.06. The topological polar surface area (TPSA) is 41.6 Å². The Morgan fingerprint density at radius 3 is 2.57 bits per heavy atom. The van der Waals surface area contributed by atoms with Gasteiger partial charge in [0.2, 0.25) is 5.91 Å². The fourth-order valence-electron chi connectivity index (χ4n) is 2.40. The first-order chi connectivity index (χ1) is 9.99. The van der Waals surface area contributed by atoms with Gasteiger partial charge in [0.15, 0.2) is 0 Å². The van der Waals surface area contributed by atoms with Crippen molar-refractivity contribution in [1.29, 1.82) is 0 Å². The van der Waals surface area contributed by atoms with Crippen molar-refractivity contribution in [3.05, 3.63) is 33.8 Å². The second-order valence-electron chi connectivity index (χ2n) is 5.22. The molecular formula is C15H20Cl2N2O2. The number of hydrogen-bond donors (Lipinski definition) is 1. The summed E-state index contributed by atoms with van der Waals surface area (Å²) < 4.78 is 5.30. The summed E-state index contributed by atoms with van der Waals surface area (Å²) in [6.45, 7) is 6.75. The Balaban J connectivity index is 1.97. The lowest BCUT2D eigenvalue weighted by Gasteiger charge is -2.32. The van der Waals surface area contributed by atoms with E-state index in [1.54, 1.807) is 12.1 Å². The summed E-state index contributed by atoms with van der Waals surface area (Å²) >= 11 is 12.1. The minimum Gasteiger partial charge on any atom is -0.379 e. The van der Waals surface area contributed by atoms with Gasteiger partial charge in [-0.1, -0.05) is 29.3 Å². The number of halogens is 2. The summed E-state index contributed by atoms with van der Waals surface area (Å²) in [6, 6.07) is 4.96. The number of rotatable bonds is 4. The molecule has 2 atom stereocenters. The Morgan fingerprint density at radius 2 is 1.95 bits per heavy atom. The van der Waals surface area contributed by atoms with Gasteiger partial charge >= 0.3 is 0 Å². The van der Waals surface area contributed by atoms with E-state index in [4.69, 9.17) is 27.9 Å². The molecule has 4 nitrogen and oxygen atoms in total. The minimum atomic E-state index is -0.178. The zero-order valence-corrected chi connectivity index (χ0v) is 13.7. The van der Waals surface area contributed by atoms with E-state index in [1.165, 1.54) is 0 Å². The van der Waals surface area contributed by atoms with Crippen LogP contribution in [0.3, 0.4) is 0 Å². The zero-order chi connectivity index (χ0) is 15.4. The van der Waals surface area contributed by atoms with Gasteiger partial charge in [-0.25, -0.2) is 0 Å². The number of carbonyl (C=O) groups excluding carboxylic acids is 1. The fraction of sp³-hybridized carbons (Fsp3) is 0.533. The Morgan fingerprint density at radius 1 is 1.29 bits per heavy atom. The lowest BCUT2D eigenvalue weighted by Crippen LogP contribution is -2.50. The summed E-state index contributed by atoms with van der Waals surface area (Å²) in [5.41, 5.74) is 0.864. The molecule has 6 heteroatoms.